The van der Waals surface area contributed by atoms with Crippen LogP contribution in [0.5, 0.6) is 0 Å². The van der Waals surface area contributed by atoms with Gasteiger partial charge in [-0.25, -0.2) is 4.39 Å². The minimum absolute atomic E-state index is 0.133. The summed E-state index contributed by atoms with van der Waals surface area (Å²) in [4.78, 5) is 0. The highest BCUT2D eigenvalue weighted by atomic mass is 19.1. The Hall–Kier alpha value is -2.63. The van der Waals surface area contributed by atoms with Crippen LogP contribution < -0.4 is 5.73 Å². The molecule has 0 aliphatic heterocycles. The molecule has 0 atom stereocenters. The molecule has 0 saturated carbocycles. The van der Waals surface area contributed by atoms with E-state index < -0.39 is 0 Å². The van der Waals surface area contributed by atoms with Crippen LogP contribution in [-0.2, 0) is 29.2 Å². The molecule has 1 heterocycles. The number of ether oxygens (including phenoxy) is 2. The Bertz CT molecular complexity index is 946. The monoisotopic (exact) mass is 355 g/mol. The zero-order valence-electron chi connectivity index (χ0n) is 15.0. The molecule has 2 aromatic carbocycles. The third-order valence-electron chi connectivity index (χ3n) is 4.09. The van der Waals surface area contributed by atoms with Gasteiger partial charge in [-0.1, -0.05) is 24.8 Å². The standard InChI is InChI=1S/C21H22FNO3/c1-13(2)25-11-14-7-16-9-17(12-24-3)26-21(16)19(8-14)18-6-4-5-15(10-23)20(18)22/h4-9H,1,10-12,23H2,2-3H3. The number of furan rings is 1. The largest absolute Gasteiger partial charge is 0.494 e. The van der Waals surface area contributed by atoms with E-state index in [0.717, 1.165) is 10.9 Å². The molecule has 0 aliphatic rings. The van der Waals surface area contributed by atoms with Gasteiger partial charge in [0.25, 0.3) is 0 Å². The van der Waals surface area contributed by atoms with Crippen LogP contribution in [0.1, 0.15) is 23.8 Å². The Balaban J connectivity index is 2.19. The van der Waals surface area contributed by atoms with Crippen molar-refractivity contribution < 1.29 is 18.3 Å². The van der Waals surface area contributed by atoms with Crippen LogP contribution in [0.3, 0.4) is 0 Å². The number of methoxy groups -OCH3 is 1. The highest BCUT2D eigenvalue weighted by molar-refractivity contribution is 5.94. The molecule has 0 unspecified atom stereocenters. The third kappa shape index (κ3) is 3.64. The summed E-state index contributed by atoms with van der Waals surface area (Å²) in [5.74, 6) is 0.964. The quantitative estimate of drug-likeness (QED) is 0.613. The molecule has 0 aliphatic carbocycles. The zero-order chi connectivity index (χ0) is 18.7. The lowest BCUT2D eigenvalue weighted by Crippen LogP contribution is -2.01. The van der Waals surface area contributed by atoms with E-state index >= 15 is 0 Å². The summed E-state index contributed by atoms with van der Waals surface area (Å²) in [5.41, 5.74) is 8.75. The molecule has 4 nitrogen and oxygen atoms in total. The van der Waals surface area contributed by atoms with Crippen molar-refractivity contribution in [3.8, 4) is 11.1 Å². The molecule has 136 valence electrons. The van der Waals surface area contributed by atoms with Gasteiger partial charge in [-0.2, -0.15) is 0 Å². The lowest BCUT2D eigenvalue weighted by molar-refractivity contribution is 0.166. The topological polar surface area (TPSA) is 57.6 Å². The zero-order valence-corrected chi connectivity index (χ0v) is 15.0. The van der Waals surface area contributed by atoms with E-state index in [1.807, 2.05) is 18.2 Å². The molecule has 2 N–H and O–H groups in total. The number of rotatable bonds is 7. The van der Waals surface area contributed by atoms with Gasteiger partial charge in [0.1, 0.15) is 30.4 Å². The molecule has 0 fully saturated rings. The Morgan fingerprint density at radius 1 is 1.19 bits per heavy atom. The second kappa shape index (κ2) is 7.72. The SMILES string of the molecule is C=C(C)OCc1cc(-c2cccc(CN)c2F)c2oc(COC)cc2c1. The predicted molar refractivity (Wildman–Crippen MR) is 99.8 cm³/mol. The summed E-state index contributed by atoms with van der Waals surface area (Å²) in [7, 11) is 1.60. The van der Waals surface area contributed by atoms with Gasteiger partial charge >= 0.3 is 0 Å². The van der Waals surface area contributed by atoms with E-state index in [-0.39, 0.29) is 12.4 Å². The molecule has 3 aromatic rings. The predicted octanol–water partition coefficient (Wildman–Crippen LogP) is 4.89. The minimum atomic E-state index is -0.334. The smallest absolute Gasteiger partial charge is 0.142 e. The number of fused-ring (bicyclic) bond motifs is 1. The van der Waals surface area contributed by atoms with Crippen molar-refractivity contribution in [2.45, 2.75) is 26.7 Å². The molecule has 0 bridgehead atoms. The maximum absolute atomic E-state index is 14.9. The normalized spacial score (nSPS) is 11.1. The first-order valence-electron chi connectivity index (χ1n) is 8.34. The lowest BCUT2D eigenvalue weighted by Gasteiger charge is -2.11. The fraction of sp³-hybridized carbons (Fsp3) is 0.238. The number of allylic oxidation sites excluding steroid dienone is 1. The minimum Gasteiger partial charge on any atom is -0.494 e. The molecular formula is C21H22FNO3. The summed E-state index contributed by atoms with van der Waals surface area (Å²) >= 11 is 0. The Kier molecular flexibility index (Phi) is 5.40. The van der Waals surface area contributed by atoms with E-state index in [4.69, 9.17) is 19.6 Å². The van der Waals surface area contributed by atoms with Gasteiger partial charge in [-0.3, -0.25) is 0 Å². The molecule has 0 amide bonds. The average Bonchev–Trinajstić information content (AvgIpc) is 3.02. The van der Waals surface area contributed by atoms with Crippen LogP contribution >= 0.6 is 0 Å². The maximum atomic E-state index is 14.9. The first kappa shape index (κ1) is 18.2. The van der Waals surface area contributed by atoms with Crippen molar-refractivity contribution in [1.29, 1.82) is 0 Å². The summed E-state index contributed by atoms with van der Waals surface area (Å²) < 4.78 is 31.5. The lowest BCUT2D eigenvalue weighted by atomic mass is 9.98. The van der Waals surface area contributed by atoms with Crippen LogP contribution in [0, 0.1) is 5.82 Å². The fourth-order valence-electron chi connectivity index (χ4n) is 2.92. The molecule has 0 saturated heterocycles. The average molecular weight is 355 g/mol. The van der Waals surface area contributed by atoms with Gasteiger partial charge in [-0.15, -0.1) is 0 Å². The summed E-state index contributed by atoms with van der Waals surface area (Å²) in [6.07, 6.45) is 0. The van der Waals surface area contributed by atoms with Crippen molar-refractivity contribution in [1.82, 2.24) is 0 Å². The Morgan fingerprint density at radius 3 is 2.69 bits per heavy atom. The third-order valence-corrected chi connectivity index (χ3v) is 4.09. The summed E-state index contributed by atoms with van der Waals surface area (Å²) in [6.45, 7) is 6.36. The van der Waals surface area contributed by atoms with Crippen LogP contribution in [-0.4, -0.2) is 7.11 Å². The van der Waals surface area contributed by atoms with E-state index in [1.165, 1.54) is 0 Å². The highest BCUT2D eigenvalue weighted by Gasteiger charge is 2.17. The van der Waals surface area contributed by atoms with Crippen LogP contribution in [0.25, 0.3) is 22.1 Å². The van der Waals surface area contributed by atoms with Crippen molar-refractivity contribution in [3.05, 3.63) is 71.4 Å². The first-order chi connectivity index (χ1) is 12.5. The van der Waals surface area contributed by atoms with Crippen molar-refractivity contribution >= 4 is 11.0 Å². The molecule has 0 spiro atoms. The van der Waals surface area contributed by atoms with Crippen LogP contribution in [0.4, 0.5) is 4.39 Å². The molecule has 0 radical (unpaired) electrons. The Morgan fingerprint density at radius 2 is 2.00 bits per heavy atom. The maximum Gasteiger partial charge on any atom is 0.142 e. The van der Waals surface area contributed by atoms with Gasteiger partial charge in [0, 0.05) is 35.7 Å². The van der Waals surface area contributed by atoms with Gasteiger partial charge in [-0.05, 0) is 30.7 Å². The van der Waals surface area contributed by atoms with Gasteiger partial charge in [0.15, 0.2) is 0 Å². The molecular weight excluding hydrogens is 333 g/mol. The first-order valence-corrected chi connectivity index (χ1v) is 8.34. The number of hydrogen-bond acceptors (Lipinski definition) is 4. The number of benzene rings is 2. The molecule has 26 heavy (non-hydrogen) atoms. The Labute approximate surface area is 152 Å². The van der Waals surface area contributed by atoms with Crippen LogP contribution in [0.2, 0.25) is 0 Å². The second-order valence-electron chi connectivity index (χ2n) is 6.18. The van der Waals surface area contributed by atoms with E-state index in [1.54, 1.807) is 32.2 Å². The molecule has 3 rings (SSSR count). The number of nitrogens with two attached hydrogens (primary N) is 1. The van der Waals surface area contributed by atoms with Crippen LogP contribution in [0.15, 0.2) is 53.2 Å². The van der Waals surface area contributed by atoms with E-state index in [0.29, 0.717) is 47.0 Å². The van der Waals surface area contributed by atoms with Gasteiger partial charge in [0.2, 0.25) is 0 Å². The van der Waals surface area contributed by atoms with Crippen molar-refractivity contribution in [2.75, 3.05) is 7.11 Å². The molecule has 5 heteroatoms. The molecule has 1 aromatic heterocycles. The highest BCUT2D eigenvalue weighted by Crippen LogP contribution is 2.35. The fourth-order valence-corrected chi connectivity index (χ4v) is 2.92. The number of hydrogen-bond donors (Lipinski definition) is 1. The number of halogens is 1. The summed E-state index contributed by atoms with van der Waals surface area (Å²) in [6, 6.07) is 11.0. The van der Waals surface area contributed by atoms with E-state index in [9.17, 15) is 4.39 Å². The van der Waals surface area contributed by atoms with Crippen molar-refractivity contribution in [3.63, 3.8) is 0 Å². The van der Waals surface area contributed by atoms with Gasteiger partial charge in [0.05, 0.1) is 5.76 Å². The van der Waals surface area contributed by atoms with E-state index in [2.05, 4.69) is 6.58 Å². The van der Waals surface area contributed by atoms with Gasteiger partial charge < -0.3 is 19.6 Å². The second-order valence-corrected chi connectivity index (χ2v) is 6.18. The van der Waals surface area contributed by atoms with Crippen molar-refractivity contribution in [2.24, 2.45) is 5.73 Å². The summed E-state index contributed by atoms with van der Waals surface area (Å²) in [5, 5.41) is 0.868.